The molecule has 2 aromatic rings. The summed E-state index contributed by atoms with van der Waals surface area (Å²) in [5, 5.41) is 5.21. The van der Waals surface area contributed by atoms with Crippen molar-refractivity contribution >= 4 is 34.8 Å². The molecule has 2 N–H and O–H groups in total. The van der Waals surface area contributed by atoms with Gasteiger partial charge >= 0.3 is 11.8 Å². The first-order chi connectivity index (χ1) is 11.9. The highest BCUT2D eigenvalue weighted by Gasteiger charge is 2.22. The first kappa shape index (κ1) is 18.2. The van der Waals surface area contributed by atoms with Crippen molar-refractivity contribution in [2.45, 2.75) is 20.8 Å². The molecule has 6 heteroatoms. The number of amides is 3. The average Bonchev–Trinajstić information content (AvgIpc) is 2.57. The van der Waals surface area contributed by atoms with Crippen LogP contribution in [0.3, 0.4) is 0 Å². The Kier molecular flexibility index (Phi) is 5.89. The van der Waals surface area contributed by atoms with Crippen LogP contribution in [0.25, 0.3) is 0 Å². The topological polar surface area (TPSA) is 78.5 Å². The number of rotatable bonds is 4. The van der Waals surface area contributed by atoms with Crippen LogP contribution >= 0.6 is 0 Å². The van der Waals surface area contributed by atoms with Crippen LogP contribution < -0.4 is 15.5 Å². The summed E-state index contributed by atoms with van der Waals surface area (Å²) in [7, 11) is 0. The van der Waals surface area contributed by atoms with Gasteiger partial charge in [-0.15, -0.1) is 0 Å². The number of nitrogens with zero attached hydrogens (tertiary/aromatic N) is 1. The van der Waals surface area contributed by atoms with E-state index >= 15 is 0 Å². The number of likely N-dealkylation sites (N-methyl/N-ethyl adjacent to an activating group) is 1. The van der Waals surface area contributed by atoms with Gasteiger partial charge in [0.15, 0.2) is 0 Å². The second-order valence-corrected chi connectivity index (χ2v) is 5.60. The van der Waals surface area contributed by atoms with Gasteiger partial charge in [-0.1, -0.05) is 12.1 Å². The molecule has 0 unspecified atom stereocenters. The number of carbonyl (C=O) groups excluding carboxylic acids is 3. The Balaban J connectivity index is 2.08. The molecule has 0 saturated carbocycles. The molecular weight excluding hydrogens is 318 g/mol. The number of benzene rings is 2. The SMILES string of the molecule is CCN(C(=O)C(=O)Nc1ccc(NC(C)=O)cc1)c1cccc(C)c1. The molecule has 2 rings (SSSR count). The predicted molar refractivity (Wildman–Crippen MR) is 98.6 cm³/mol. The van der Waals surface area contributed by atoms with Gasteiger partial charge in [-0.3, -0.25) is 14.4 Å². The summed E-state index contributed by atoms with van der Waals surface area (Å²) in [6.07, 6.45) is 0. The van der Waals surface area contributed by atoms with E-state index in [0.717, 1.165) is 5.56 Å². The van der Waals surface area contributed by atoms with Gasteiger partial charge in [-0.2, -0.15) is 0 Å². The Labute approximate surface area is 146 Å². The highest BCUT2D eigenvalue weighted by atomic mass is 16.2. The molecule has 3 amide bonds. The average molecular weight is 339 g/mol. The molecule has 2 aromatic carbocycles. The van der Waals surface area contributed by atoms with Crippen molar-refractivity contribution in [3.05, 3.63) is 54.1 Å². The monoisotopic (exact) mass is 339 g/mol. The van der Waals surface area contributed by atoms with E-state index in [1.165, 1.54) is 11.8 Å². The number of hydrogen-bond acceptors (Lipinski definition) is 3. The second-order valence-electron chi connectivity index (χ2n) is 5.60. The molecule has 25 heavy (non-hydrogen) atoms. The largest absolute Gasteiger partial charge is 0.326 e. The molecule has 0 spiro atoms. The maximum Gasteiger partial charge on any atom is 0.316 e. The summed E-state index contributed by atoms with van der Waals surface area (Å²) >= 11 is 0. The maximum atomic E-state index is 12.5. The summed E-state index contributed by atoms with van der Waals surface area (Å²) in [5.74, 6) is -1.52. The van der Waals surface area contributed by atoms with Gasteiger partial charge in [0.1, 0.15) is 0 Å². The molecule has 0 heterocycles. The summed E-state index contributed by atoms with van der Waals surface area (Å²) < 4.78 is 0. The molecule has 0 bridgehead atoms. The molecule has 6 nitrogen and oxygen atoms in total. The highest BCUT2D eigenvalue weighted by Crippen LogP contribution is 2.17. The van der Waals surface area contributed by atoms with E-state index in [9.17, 15) is 14.4 Å². The van der Waals surface area contributed by atoms with E-state index in [-0.39, 0.29) is 5.91 Å². The van der Waals surface area contributed by atoms with Gasteiger partial charge in [0.05, 0.1) is 0 Å². The summed E-state index contributed by atoms with van der Waals surface area (Å²) in [6, 6.07) is 14.0. The Morgan fingerprint density at radius 2 is 1.56 bits per heavy atom. The van der Waals surface area contributed by atoms with E-state index in [0.29, 0.717) is 23.6 Å². The van der Waals surface area contributed by atoms with Gasteiger partial charge in [0.2, 0.25) is 5.91 Å². The van der Waals surface area contributed by atoms with Crippen LogP contribution in [0.15, 0.2) is 48.5 Å². The fourth-order valence-corrected chi connectivity index (χ4v) is 2.39. The summed E-state index contributed by atoms with van der Waals surface area (Å²) in [6.45, 7) is 5.55. The van der Waals surface area contributed by atoms with Gasteiger partial charge in [-0.05, 0) is 55.8 Å². The molecule has 0 fully saturated rings. The third kappa shape index (κ3) is 4.91. The second kappa shape index (κ2) is 8.10. The van der Waals surface area contributed by atoms with E-state index in [1.807, 2.05) is 32.0 Å². The predicted octanol–water partition coefficient (Wildman–Crippen LogP) is 2.95. The number of hydrogen-bond donors (Lipinski definition) is 2. The van der Waals surface area contributed by atoms with Crippen LogP contribution in [0, 0.1) is 6.92 Å². The Morgan fingerprint density at radius 1 is 0.960 bits per heavy atom. The van der Waals surface area contributed by atoms with Gasteiger partial charge in [0, 0.05) is 30.5 Å². The molecule has 0 radical (unpaired) electrons. The van der Waals surface area contributed by atoms with E-state index in [4.69, 9.17) is 0 Å². The van der Waals surface area contributed by atoms with Crippen molar-refractivity contribution in [2.75, 3.05) is 22.1 Å². The van der Waals surface area contributed by atoms with Crippen molar-refractivity contribution in [1.82, 2.24) is 0 Å². The molecule has 0 aromatic heterocycles. The number of carbonyl (C=O) groups is 3. The van der Waals surface area contributed by atoms with E-state index < -0.39 is 11.8 Å². The normalized spacial score (nSPS) is 10.0. The third-order valence-electron chi connectivity index (χ3n) is 3.53. The van der Waals surface area contributed by atoms with Crippen molar-refractivity contribution in [2.24, 2.45) is 0 Å². The molecule has 0 aliphatic rings. The molecule has 0 aliphatic carbocycles. The van der Waals surface area contributed by atoms with Crippen LogP contribution in [-0.4, -0.2) is 24.3 Å². The number of aryl methyl sites for hydroxylation is 1. The summed E-state index contributed by atoms with van der Waals surface area (Å²) in [5.41, 5.74) is 2.79. The van der Waals surface area contributed by atoms with Gasteiger partial charge in [0.25, 0.3) is 0 Å². The first-order valence-electron chi connectivity index (χ1n) is 7.98. The van der Waals surface area contributed by atoms with Crippen molar-refractivity contribution in [3.8, 4) is 0 Å². The minimum atomic E-state index is -0.712. The number of anilines is 3. The maximum absolute atomic E-state index is 12.5. The lowest BCUT2D eigenvalue weighted by Crippen LogP contribution is -2.39. The van der Waals surface area contributed by atoms with Crippen LogP contribution in [0.4, 0.5) is 17.1 Å². The molecule has 0 atom stereocenters. The Morgan fingerprint density at radius 3 is 2.08 bits per heavy atom. The zero-order valence-electron chi connectivity index (χ0n) is 14.5. The lowest BCUT2D eigenvalue weighted by Gasteiger charge is -2.20. The third-order valence-corrected chi connectivity index (χ3v) is 3.53. The lowest BCUT2D eigenvalue weighted by atomic mass is 10.2. The molecule has 130 valence electrons. The van der Waals surface area contributed by atoms with E-state index in [1.54, 1.807) is 30.3 Å². The lowest BCUT2D eigenvalue weighted by molar-refractivity contribution is -0.134. The minimum Gasteiger partial charge on any atom is -0.326 e. The van der Waals surface area contributed by atoms with Crippen molar-refractivity contribution in [3.63, 3.8) is 0 Å². The zero-order chi connectivity index (χ0) is 18.4. The highest BCUT2D eigenvalue weighted by molar-refractivity contribution is 6.44. The van der Waals surface area contributed by atoms with Crippen LogP contribution in [0.1, 0.15) is 19.4 Å². The standard InChI is InChI=1S/C19H21N3O3/c1-4-22(17-7-5-6-13(2)12-17)19(25)18(24)21-16-10-8-15(9-11-16)20-14(3)23/h5-12H,4H2,1-3H3,(H,20,23)(H,21,24). The smallest absolute Gasteiger partial charge is 0.316 e. The fraction of sp³-hybridized carbons (Fsp3) is 0.211. The van der Waals surface area contributed by atoms with E-state index in [2.05, 4.69) is 10.6 Å². The quantitative estimate of drug-likeness (QED) is 0.841. The Hall–Kier alpha value is -3.15. The Bertz CT molecular complexity index is 785. The molecule has 0 saturated heterocycles. The van der Waals surface area contributed by atoms with Crippen molar-refractivity contribution in [1.29, 1.82) is 0 Å². The van der Waals surface area contributed by atoms with Crippen LogP contribution in [-0.2, 0) is 14.4 Å². The van der Waals surface area contributed by atoms with Crippen molar-refractivity contribution < 1.29 is 14.4 Å². The van der Waals surface area contributed by atoms with Crippen LogP contribution in [0.2, 0.25) is 0 Å². The minimum absolute atomic E-state index is 0.177. The fourth-order valence-electron chi connectivity index (χ4n) is 2.39. The zero-order valence-corrected chi connectivity index (χ0v) is 14.5. The first-order valence-corrected chi connectivity index (χ1v) is 7.98. The van der Waals surface area contributed by atoms with Gasteiger partial charge in [-0.25, -0.2) is 0 Å². The molecule has 0 aliphatic heterocycles. The summed E-state index contributed by atoms with van der Waals surface area (Å²) in [4.78, 5) is 37.1. The number of nitrogens with one attached hydrogen (secondary N) is 2. The van der Waals surface area contributed by atoms with Gasteiger partial charge < -0.3 is 15.5 Å². The van der Waals surface area contributed by atoms with Crippen LogP contribution in [0.5, 0.6) is 0 Å². The molecular formula is C19H21N3O3.